The van der Waals surface area contributed by atoms with E-state index in [1.165, 1.54) is 0 Å². The first-order valence-corrected chi connectivity index (χ1v) is 16.9. The molecule has 4 aromatic rings. The third-order valence-electron chi connectivity index (χ3n) is 10.4. The van der Waals surface area contributed by atoms with Crippen LogP contribution in [0.15, 0.2) is 128 Å². The summed E-state index contributed by atoms with van der Waals surface area (Å²) in [7, 11) is 0. The molecule has 3 aliphatic heterocycles. The van der Waals surface area contributed by atoms with E-state index in [2.05, 4.69) is 13.2 Å². The molecule has 3 aliphatic rings. The second-order valence-electron chi connectivity index (χ2n) is 13.2. The summed E-state index contributed by atoms with van der Waals surface area (Å²) in [6.07, 6.45) is 4.13. The van der Waals surface area contributed by atoms with Crippen LogP contribution in [-0.2, 0) is 25.5 Å². The largest absolute Gasteiger partial charge is 0.394 e. The summed E-state index contributed by atoms with van der Waals surface area (Å²) in [5.41, 5.74) is 1.05. The predicted molar refractivity (Wildman–Crippen MR) is 191 cm³/mol. The van der Waals surface area contributed by atoms with Crippen molar-refractivity contribution >= 4 is 39.9 Å². The normalized spacial score (nSPS) is 24.4. The number of hydrogen-bond donors (Lipinski definition) is 1. The first-order chi connectivity index (χ1) is 23.9. The molecule has 1 spiro atoms. The van der Waals surface area contributed by atoms with Crippen LogP contribution in [0.2, 0.25) is 0 Å². The first-order valence-electron chi connectivity index (χ1n) is 16.9. The summed E-state index contributed by atoms with van der Waals surface area (Å²) in [6.45, 7) is 7.93. The van der Waals surface area contributed by atoms with E-state index in [0.717, 1.165) is 16.3 Å². The second-order valence-corrected chi connectivity index (χ2v) is 13.2. The van der Waals surface area contributed by atoms with Crippen LogP contribution >= 0.6 is 0 Å². The molecule has 2 unspecified atom stereocenters. The lowest BCUT2D eigenvalue weighted by Crippen LogP contribution is -2.59. The highest BCUT2D eigenvalue weighted by Crippen LogP contribution is 2.59. The van der Waals surface area contributed by atoms with E-state index >= 15 is 4.79 Å². The van der Waals surface area contributed by atoms with E-state index in [0.29, 0.717) is 30.6 Å². The van der Waals surface area contributed by atoms with Crippen LogP contribution in [0, 0.1) is 11.8 Å². The summed E-state index contributed by atoms with van der Waals surface area (Å²) < 4.78 is 6.80. The number of ether oxygens (including phenoxy) is 1. The van der Waals surface area contributed by atoms with Gasteiger partial charge in [0.15, 0.2) is 0 Å². The monoisotopic (exact) mass is 655 g/mol. The number of likely N-dealkylation sites (tertiary alicyclic amines) is 1. The summed E-state index contributed by atoms with van der Waals surface area (Å²) in [5.74, 6) is -2.58. The molecular weight excluding hydrogens is 614 g/mol. The number of aliphatic hydroxyl groups is 1. The molecule has 0 radical (unpaired) electrons. The van der Waals surface area contributed by atoms with Crippen LogP contribution in [0.1, 0.15) is 18.4 Å². The highest BCUT2D eigenvalue weighted by Gasteiger charge is 2.75. The number of rotatable bonds is 12. The Morgan fingerprint density at radius 3 is 2.16 bits per heavy atom. The number of nitrogens with zero attached hydrogens (tertiary/aromatic N) is 3. The Morgan fingerprint density at radius 2 is 1.49 bits per heavy atom. The zero-order valence-electron chi connectivity index (χ0n) is 27.4. The molecule has 4 aromatic carbocycles. The minimum Gasteiger partial charge on any atom is -0.394 e. The first kappa shape index (κ1) is 32.5. The Bertz CT molecular complexity index is 1880. The van der Waals surface area contributed by atoms with E-state index in [1.54, 1.807) is 26.9 Å². The summed E-state index contributed by atoms with van der Waals surface area (Å²) in [6, 6.07) is 31.0. The van der Waals surface area contributed by atoms with Gasteiger partial charge in [0.25, 0.3) is 5.91 Å². The smallest absolute Gasteiger partial charge is 0.253 e. The lowest BCUT2D eigenvalue weighted by Gasteiger charge is -2.39. The Labute approximate surface area is 286 Å². The number of carbonyl (C=O) groups excluding carboxylic acids is 3. The van der Waals surface area contributed by atoms with Gasteiger partial charge in [-0.25, -0.2) is 0 Å². The molecular formula is C41H41N3O5. The van der Waals surface area contributed by atoms with E-state index < -0.39 is 35.6 Å². The van der Waals surface area contributed by atoms with Crippen molar-refractivity contribution in [1.82, 2.24) is 4.90 Å². The van der Waals surface area contributed by atoms with Gasteiger partial charge >= 0.3 is 0 Å². The molecule has 7 rings (SSSR count). The fourth-order valence-corrected chi connectivity index (χ4v) is 8.37. The van der Waals surface area contributed by atoms with Gasteiger partial charge in [0.2, 0.25) is 11.8 Å². The third-order valence-corrected chi connectivity index (χ3v) is 10.4. The number of anilines is 2. The van der Waals surface area contributed by atoms with Gasteiger partial charge in [0.1, 0.15) is 11.6 Å². The minimum atomic E-state index is -1.24. The Hall–Kier alpha value is -5.05. The Kier molecular flexibility index (Phi) is 8.92. The molecule has 3 heterocycles. The Balaban J connectivity index is 1.33. The van der Waals surface area contributed by atoms with Crippen molar-refractivity contribution in [2.24, 2.45) is 11.8 Å². The Morgan fingerprint density at radius 1 is 0.857 bits per heavy atom. The summed E-state index contributed by atoms with van der Waals surface area (Å²) in [5, 5.41) is 12.9. The average Bonchev–Trinajstić information content (AvgIpc) is 3.79. The zero-order chi connectivity index (χ0) is 34.1. The number of amides is 3. The molecule has 8 heteroatoms. The molecule has 3 fully saturated rings. The number of benzene rings is 4. The maximum absolute atomic E-state index is 15.2. The molecule has 1 N–H and O–H groups in total. The van der Waals surface area contributed by atoms with Crippen molar-refractivity contribution in [3.8, 4) is 0 Å². The van der Waals surface area contributed by atoms with Gasteiger partial charge < -0.3 is 24.5 Å². The van der Waals surface area contributed by atoms with Crippen molar-refractivity contribution in [1.29, 1.82) is 0 Å². The van der Waals surface area contributed by atoms with Crippen LogP contribution in [-0.4, -0.2) is 71.2 Å². The van der Waals surface area contributed by atoms with Crippen LogP contribution in [0.25, 0.3) is 10.8 Å². The van der Waals surface area contributed by atoms with Crippen LogP contribution < -0.4 is 9.80 Å². The van der Waals surface area contributed by atoms with Crippen molar-refractivity contribution < 1.29 is 24.2 Å². The molecule has 250 valence electrons. The zero-order valence-corrected chi connectivity index (χ0v) is 27.4. The molecule has 3 saturated heterocycles. The van der Waals surface area contributed by atoms with Gasteiger partial charge in [-0.3, -0.25) is 14.4 Å². The summed E-state index contributed by atoms with van der Waals surface area (Å²) >= 11 is 0. The van der Waals surface area contributed by atoms with E-state index in [4.69, 9.17) is 4.74 Å². The summed E-state index contributed by atoms with van der Waals surface area (Å²) in [4.78, 5) is 49.6. The maximum Gasteiger partial charge on any atom is 0.253 e. The third kappa shape index (κ3) is 5.55. The number of hydrogen-bond acceptors (Lipinski definition) is 5. The van der Waals surface area contributed by atoms with Gasteiger partial charge in [-0.15, -0.1) is 13.2 Å². The molecule has 2 bridgehead atoms. The van der Waals surface area contributed by atoms with Gasteiger partial charge in [0.05, 0.1) is 30.6 Å². The van der Waals surface area contributed by atoms with Crippen LogP contribution in [0.5, 0.6) is 0 Å². The van der Waals surface area contributed by atoms with Gasteiger partial charge in [-0.2, -0.15) is 0 Å². The van der Waals surface area contributed by atoms with Crippen molar-refractivity contribution in [3.63, 3.8) is 0 Å². The quantitative estimate of drug-likeness (QED) is 0.202. The highest BCUT2D eigenvalue weighted by molar-refractivity contribution is 6.07. The molecule has 6 atom stereocenters. The number of para-hydroxylation sites is 1. The lowest BCUT2D eigenvalue weighted by atomic mass is 9.70. The van der Waals surface area contributed by atoms with Crippen molar-refractivity contribution in [3.05, 3.63) is 134 Å². The standard InChI is InChI=1S/C41H41N3O5/c1-3-23-42(31-17-9-6-10-18-31)38(46)35-34-21-22-41(49-34)36(35)39(47)44(33(27-45)25-28-13-7-5-8-14-28)37(41)40(48)43(24-4-2)32-20-19-29-15-11-12-16-30(29)26-32/h3-20,26,33-37,45H,1-2,21-25,27H2/t33-,34+,35-,36+,37?,41?/m1/s1. The van der Waals surface area contributed by atoms with Crippen LogP contribution in [0.3, 0.4) is 0 Å². The SMILES string of the molecule is C=CCN(C(=O)C1N([C@@H](CO)Cc2ccccc2)C(=O)[C@@H]2[C@H](C(=O)N(CC=C)c3ccccc3)[C@@H]3CCC12O3)c1ccc2ccccc2c1. The number of carbonyl (C=O) groups is 3. The van der Waals surface area contributed by atoms with Crippen LogP contribution in [0.4, 0.5) is 11.4 Å². The second kappa shape index (κ2) is 13.5. The van der Waals surface area contributed by atoms with Gasteiger partial charge in [-0.05, 0) is 59.9 Å². The molecule has 0 aliphatic carbocycles. The average molecular weight is 656 g/mol. The molecule has 0 aromatic heterocycles. The number of aliphatic hydroxyl groups excluding tert-OH is 1. The van der Waals surface area contributed by atoms with Gasteiger partial charge in [-0.1, -0.05) is 91.0 Å². The molecule has 8 nitrogen and oxygen atoms in total. The number of fused-ring (bicyclic) bond motifs is 2. The lowest BCUT2D eigenvalue weighted by molar-refractivity contribution is -0.144. The van der Waals surface area contributed by atoms with Gasteiger partial charge in [0, 0.05) is 24.5 Å². The maximum atomic E-state index is 15.2. The van der Waals surface area contributed by atoms with E-state index in [9.17, 15) is 14.7 Å². The topological polar surface area (TPSA) is 90.4 Å². The molecule has 0 saturated carbocycles. The van der Waals surface area contributed by atoms with E-state index in [-0.39, 0.29) is 37.4 Å². The van der Waals surface area contributed by atoms with Crippen molar-refractivity contribution in [2.45, 2.75) is 43.1 Å². The highest BCUT2D eigenvalue weighted by atomic mass is 16.5. The fourth-order valence-electron chi connectivity index (χ4n) is 8.37. The van der Waals surface area contributed by atoms with E-state index in [1.807, 2.05) is 103 Å². The molecule has 49 heavy (non-hydrogen) atoms. The fraction of sp³-hybridized carbons (Fsp3) is 0.293. The minimum absolute atomic E-state index is 0.200. The molecule has 3 amide bonds. The predicted octanol–water partition coefficient (Wildman–Crippen LogP) is 5.56. The van der Waals surface area contributed by atoms with Crippen molar-refractivity contribution in [2.75, 3.05) is 29.5 Å².